The number of aryl methyl sites for hydroxylation is 1. The lowest BCUT2D eigenvalue weighted by Gasteiger charge is -2.14. The van der Waals surface area contributed by atoms with Gasteiger partial charge in [0.05, 0.1) is 17.2 Å². The number of rotatable bonds is 3. The summed E-state index contributed by atoms with van der Waals surface area (Å²) in [5.74, 6) is 0.0270. The van der Waals surface area contributed by atoms with Gasteiger partial charge in [-0.05, 0) is 31.6 Å². The molecule has 1 aliphatic rings. The Morgan fingerprint density at radius 1 is 1.38 bits per heavy atom. The van der Waals surface area contributed by atoms with Crippen LogP contribution in [0.5, 0.6) is 0 Å². The van der Waals surface area contributed by atoms with E-state index >= 15 is 0 Å². The number of hydrogen-bond acceptors (Lipinski definition) is 4. The van der Waals surface area contributed by atoms with E-state index in [1.165, 1.54) is 0 Å². The second-order valence-corrected chi connectivity index (χ2v) is 6.49. The average molecular weight is 317 g/mol. The molecule has 4 nitrogen and oxygen atoms in total. The number of nitrogens with zero attached hydrogens (tertiary/aromatic N) is 2. The summed E-state index contributed by atoms with van der Waals surface area (Å²) >= 11 is 6.83. The molecule has 1 N–H and O–H groups in total. The van der Waals surface area contributed by atoms with Crippen molar-refractivity contribution >= 4 is 34.6 Å². The molecule has 1 atom stereocenters. The molecule has 0 radical (unpaired) electrons. The van der Waals surface area contributed by atoms with E-state index in [2.05, 4.69) is 15.7 Å². The standard InChI is InChI=1S/C15H15N3OS2/c1-9-14(19)18(15(20)16-9)7-11-3-5-12(6-4-11)13-8-21-10(2)17-13/h3-6,8-9H,7H2,1-2H3,(H,16,20)/t9-/m1/s1. The summed E-state index contributed by atoms with van der Waals surface area (Å²) in [6.45, 7) is 4.32. The molecule has 1 aliphatic heterocycles. The zero-order valence-electron chi connectivity index (χ0n) is 11.8. The zero-order chi connectivity index (χ0) is 15.0. The van der Waals surface area contributed by atoms with Crippen molar-refractivity contribution in [1.82, 2.24) is 15.2 Å². The fraction of sp³-hybridized carbons (Fsp3) is 0.267. The number of nitrogens with one attached hydrogen (secondary N) is 1. The van der Waals surface area contributed by atoms with Gasteiger partial charge in [-0.15, -0.1) is 11.3 Å². The number of thiocarbonyl (C=S) groups is 1. The Balaban J connectivity index is 1.76. The van der Waals surface area contributed by atoms with E-state index in [-0.39, 0.29) is 11.9 Å². The van der Waals surface area contributed by atoms with Crippen LogP contribution >= 0.6 is 23.6 Å². The van der Waals surface area contributed by atoms with E-state index in [9.17, 15) is 4.79 Å². The molecule has 0 spiro atoms. The number of aromatic nitrogens is 1. The van der Waals surface area contributed by atoms with E-state index in [4.69, 9.17) is 12.2 Å². The molecule has 3 rings (SSSR count). The van der Waals surface area contributed by atoms with Crippen molar-refractivity contribution in [1.29, 1.82) is 0 Å². The van der Waals surface area contributed by atoms with Gasteiger partial charge in [0.25, 0.3) is 5.91 Å². The second-order valence-electron chi connectivity index (χ2n) is 5.04. The highest BCUT2D eigenvalue weighted by atomic mass is 32.1. The molecule has 0 saturated carbocycles. The highest BCUT2D eigenvalue weighted by Crippen LogP contribution is 2.22. The number of carbonyl (C=O) groups is 1. The van der Waals surface area contributed by atoms with Crippen LogP contribution in [0.2, 0.25) is 0 Å². The van der Waals surface area contributed by atoms with Gasteiger partial charge in [0.15, 0.2) is 5.11 Å². The Hall–Kier alpha value is -1.79. The first-order valence-corrected chi connectivity index (χ1v) is 7.96. The van der Waals surface area contributed by atoms with Gasteiger partial charge in [-0.3, -0.25) is 9.69 Å². The Morgan fingerprint density at radius 2 is 2.10 bits per heavy atom. The minimum atomic E-state index is -0.227. The molecule has 1 aromatic carbocycles. The van der Waals surface area contributed by atoms with Crippen LogP contribution in [0.15, 0.2) is 29.6 Å². The first kappa shape index (κ1) is 14.2. The minimum Gasteiger partial charge on any atom is -0.351 e. The van der Waals surface area contributed by atoms with Crippen LogP contribution in [0.3, 0.4) is 0 Å². The molecule has 0 aliphatic carbocycles. The summed E-state index contributed by atoms with van der Waals surface area (Å²) in [7, 11) is 0. The van der Waals surface area contributed by atoms with E-state index in [0.29, 0.717) is 11.7 Å². The first-order chi connectivity index (χ1) is 10.0. The summed E-state index contributed by atoms with van der Waals surface area (Å²) in [5.41, 5.74) is 3.13. The molecule has 1 amide bonds. The molecule has 21 heavy (non-hydrogen) atoms. The highest BCUT2D eigenvalue weighted by Gasteiger charge is 2.31. The second kappa shape index (κ2) is 5.54. The largest absolute Gasteiger partial charge is 0.351 e. The SMILES string of the molecule is Cc1nc(-c2ccc(CN3C(=O)[C@@H](C)NC3=S)cc2)cs1. The Kier molecular flexibility index (Phi) is 3.73. The Morgan fingerprint density at radius 3 is 2.62 bits per heavy atom. The van der Waals surface area contributed by atoms with Gasteiger partial charge in [-0.25, -0.2) is 4.98 Å². The van der Waals surface area contributed by atoms with E-state index < -0.39 is 0 Å². The smallest absolute Gasteiger partial charge is 0.251 e. The molecule has 0 bridgehead atoms. The van der Waals surface area contributed by atoms with Gasteiger partial charge in [-0.1, -0.05) is 24.3 Å². The summed E-state index contributed by atoms with van der Waals surface area (Å²) < 4.78 is 0. The fourth-order valence-electron chi connectivity index (χ4n) is 2.27. The minimum absolute atomic E-state index is 0.0270. The van der Waals surface area contributed by atoms with Crippen molar-refractivity contribution in [2.24, 2.45) is 0 Å². The van der Waals surface area contributed by atoms with Crippen LogP contribution in [0, 0.1) is 6.92 Å². The lowest BCUT2D eigenvalue weighted by Crippen LogP contribution is -2.30. The molecule has 2 aromatic rings. The number of amides is 1. The third kappa shape index (κ3) is 2.82. The zero-order valence-corrected chi connectivity index (χ0v) is 13.4. The maximum absolute atomic E-state index is 12.0. The molecule has 1 fully saturated rings. The molecular formula is C15H15N3OS2. The maximum Gasteiger partial charge on any atom is 0.251 e. The van der Waals surface area contributed by atoms with E-state index in [1.807, 2.05) is 38.1 Å². The fourth-order valence-corrected chi connectivity index (χ4v) is 3.22. The Bertz CT molecular complexity index is 693. The van der Waals surface area contributed by atoms with Gasteiger partial charge >= 0.3 is 0 Å². The molecule has 6 heteroatoms. The number of thiazole rings is 1. The van der Waals surface area contributed by atoms with Gasteiger partial charge in [0, 0.05) is 10.9 Å². The van der Waals surface area contributed by atoms with Crippen LogP contribution in [0.4, 0.5) is 0 Å². The summed E-state index contributed by atoms with van der Waals surface area (Å²) in [4.78, 5) is 18.1. The van der Waals surface area contributed by atoms with Gasteiger partial charge in [0.2, 0.25) is 0 Å². The van der Waals surface area contributed by atoms with Gasteiger partial charge in [0.1, 0.15) is 6.04 Å². The lowest BCUT2D eigenvalue weighted by atomic mass is 10.1. The summed E-state index contributed by atoms with van der Waals surface area (Å²) in [6, 6.07) is 7.87. The third-order valence-electron chi connectivity index (χ3n) is 3.43. The first-order valence-electron chi connectivity index (χ1n) is 6.68. The lowest BCUT2D eigenvalue weighted by molar-refractivity contribution is -0.127. The molecule has 1 aromatic heterocycles. The monoisotopic (exact) mass is 317 g/mol. The number of carbonyl (C=O) groups excluding carboxylic acids is 1. The molecule has 0 unspecified atom stereocenters. The van der Waals surface area contributed by atoms with Crippen LogP contribution in [-0.2, 0) is 11.3 Å². The van der Waals surface area contributed by atoms with Crippen LogP contribution in [0.25, 0.3) is 11.3 Å². The summed E-state index contributed by atoms with van der Waals surface area (Å²) in [6.07, 6.45) is 0. The summed E-state index contributed by atoms with van der Waals surface area (Å²) in [5, 5.41) is 6.59. The number of hydrogen-bond donors (Lipinski definition) is 1. The van der Waals surface area contributed by atoms with Crippen LogP contribution in [0.1, 0.15) is 17.5 Å². The number of benzene rings is 1. The van der Waals surface area contributed by atoms with Gasteiger partial charge < -0.3 is 5.32 Å². The topological polar surface area (TPSA) is 45.2 Å². The highest BCUT2D eigenvalue weighted by molar-refractivity contribution is 7.80. The van der Waals surface area contributed by atoms with Crippen molar-refractivity contribution in [3.05, 3.63) is 40.2 Å². The van der Waals surface area contributed by atoms with Crippen molar-refractivity contribution in [2.45, 2.75) is 26.4 Å². The molecule has 2 heterocycles. The Labute approximate surface area is 132 Å². The van der Waals surface area contributed by atoms with Crippen molar-refractivity contribution in [3.63, 3.8) is 0 Å². The molecular weight excluding hydrogens is 302 g/mol. The maximum atomic E-state index is 12.0. The van der Waals surface area contributed by atoms with Crippen molar-refractivity contribution < 1.29 is 4.79 Å². The van der Waals surface area contributed by atoms with Gasteiger partial charge in [-0.2, -0.15) is 0 Å². The quantitative estimate of drug-likeness (QED) is 0.884. The molecule has 1 saturated heterocycles. The predicted octanol–water partition coefficient (Wildman–Crippen LogP) is 2.72. The van der Waals surface area contributed by atoms with Crippen molar-refractivity contribution in [2.75, 3.05) is 0 Å². The van der Waals surface area contributed by atoms with Crippen LogP contribution in [-0.4, -0.2) is 26.9 Å². The van der Waals surface area contributed by atoms with Crippen molar-refractivity contribution in [3.8, 4) is 11.3 Å². The normalized spacial score (nSPS) is 18.2. The molecule has 108 valence electrons. The predicted molar refractivity (Wildman–Crippen MR) is 88.0 cm³/mol. The van der Waals surface area contributed by atoms with E-state index in [1.54, 1.807) is 16.2 Å². The van der Waals surface area contributed by atoms with Crippen LogP contribution < -0.4 is 5.32 Å². The third-order valence-corrected chi connectivity index (χ3v) is 4.54. The average Bonchev–Trinajstić information content (AvgIpc) is 2.99. The van der Waals surface area contributed by atoms with E-state index in [0.717, 1.165) is 21.8 Å².